The molecule has 0 amide bonds. The summed E-state index contributed by atoms with van der Waals surface area (Å²) in [5.41, 5.74) is 3.27. The van der Waals surface area contributed by atoms with Gasteiger partial charge in [-0.2, -0.15) is 8.42 Å². The van der Waals surface area contributed by atoms with E-state index in [1.807, 2.05) is 43.5 Å². The van der Waals surface area contributed by atoms with Gasteiger partial charge in [0.2, 0.25) is 0 Å². The van der Waals surface area contributed by atoms with E-state index in [1.165, 1.54) is 5.56 Å². The minimum Gasteiger partial charge on any atom is -0.493 e. The lowest BCUT2D eigenvalue weighted by Crippen LogP contribution is -2.24. The van der Waals surface area contributed by atoms with Crippen molar-refractivity contribution in [3.63, 3.8) is 0 Å². The number of hydrogen-bond acceptors (Lipinski definition) is 6. The third kappa shape index (κ3) is 8.37. The van der Waals surface area contributed by atoms with Crippen LogP contribution in [0, 0.1) is 0 Å². The van der Waals surface area contributed by atoms with E-state index in [4.69, 9.17) is 13.7 Å². The monoisotopic (exact) mass is 407 g/mol. The Kier molecular flexibility index (Phi) is 8.89. The lowest BCUT2D eigenvalue weighted by molar-refractivity contribution is 0.0301. The van der Waals surface area contributed by atoms with Crippen molar-refractivity contribution in [2.24, 2.45) is 0 Å². The molecule has 7 heteroatoms. The van der Waals surface area contributed by atoms with Crippen LogP contribution in [0.3, 0.4) is 0 Å². The number of rotatable bonds is 12. The maximum atomic E-state index is 11.2. The summed E-state index contributed by atoms with van der Waals surface area (Å²) in [6.45, 7) is 5.04. The molecule has 0 aliphatic rings. The number of ether oxygens (including phenoxy) is 2. The van der Waals surface area contributed by atoms with Gasteiger partial charge in [0.15, 0.2) is 0 Å². The Hall–Kier alpha value is -1.96. The first-order chi connectivity index (χ1) is 13.4. The number of aryl methyl sites for hydroxylation is 1. The topological polar surface area (TPSA) is 74.7 Å². The van der Waals surface area contributed by atoms with Crippen LogP contribution in [0.2, 0.25) is 0 Å². The fourth-order valence-corrected chi connectivity index (χ4v) is 3.07. The molecule has 0 aliphatic carbocycles. The molecule has 0 fully saturated rings. The SMILES string of the molecule is CCO[C@H](COS(C)(=O)=O)Cc1ccc(OCCc2ccc(CC)cn2)cc1. The van der Waals surface area contributed by atoms with E-state index in [0.717, 1.165) is 36.1 Å². The average Bonchev–Trinajstić information content (AvgIpc) is 2.67. The van der Waals surface area contributed by atoms with Crippen LogP contribution < -0.4 is 4.74 Å². The number of benzene rings is 1. The van der Waals surface area contributed by atoms with Crippen LogP contribution in [0.1, 0.15) is 30.7 Å². The molecule has 0 unspecified atom stereocenters. The van der Waals surface area contributed by atoms with Gasteiger partial charge in [-0.3, -0.25) is 9.17 Å². The number of nitrogens with zero attached hydrogens (tertiary/aromatic N) is 1. The lowest BCUT2D eigenvalue weighted by Gasteiger charge is -2.16. The molecule has 154 valence electrons. The quantitative estimate of drug-likeness (QED) is 0.503. The van der Waals surface area contributed by atoms with Crippen molar-refractivity contribution in [3.05, 3.63) is 59.4 Å². The molecule has 0 spiro atoms. The Morgan fingerprint density at radius 1 is 1.04 bits per heavy atom. The third-order valence-electron chi connectivity index (χ3n) is 4.18. The maximum Gasteiger partial charge on any atom is 0.264 e. The highest BCUT2D eigenvalue weighted by Gasteiger charge is 2.13. The standard InChI is InChI=1S/C21H29NO5S/c1-4-17-6-9-19(22-15-17)12-13-26-20-10-7-18(8-11-20)14-21(25-5-2)16-27-28(3,23)24/h6-11,15,21H,4-5,12-14,16H2,1-3H3/t21-/m0/s1. The molecular formula is C21H29NO5S. The van der Waals surface area contributed by atoms with Gasteiger partial charge in [-0.1, -0.05) is 25.1 Å². The Morgan fingerprint density at radius 2 is 1.75 bits per heavy atom. The van der Waals surface area contributed by atoms with Crippen molar-refractivity contribution in [1.82, 2.24) is 4.98 Å². The van der Waals surface area contributed by atoms with Crippen LogP contribution in [0.15, 0.2) is 42.6 Å². The third-order valence-corrected chi connectivity index (χ3v) is 4.74. The first-order valence-corrected chi connectivity index (χ1v) is 11.3. The molecule has 0 radical (unpaired) electrons. The van der Waals surface area contributed by atoms with E-state index in [-0.39, 0.29) is 12.7 Å². The molecule has 0 bridgehead atoms. The minimum absolute atomic E-state index is 0.00868. The molecule has 1 heterocycles. The summed E-state index contributed by atoms with van der Waals surface area (Å²) in [7, 11) is -3.48. The van der Waals surface area contributed by atoms with Crippen LogP contribution in [0.25, 0.3) is 0 Å². The molecule has 2 aromatic rings. The number of aromatic nitrogens is 1. The van der Waals surface area contributed by atoms with Gasteiger partial charge >= 0.3 is 0 Å². The Balaban J connectivity index is 1.82. The van der Waals surface area contributed by atoms with Crippen molar-refractivity contribution in [1.29, 1.82) is 0 Å². The van der Waals surface area contributed by atoms with Gasteiger partial charge in [0.25, 0.3) is 10.1 Å². The second kappa shape index (κ2) is 11.1. The number of pyridine rings is 1. The van der Waals surface area contributed by atoms with Gasteiger partial charge in [-0.15, -0.1) is 0 Å². The molecule has 1 aromatic carbocycles. The van der Waals surface area contributed by atoms with Crippen molar-refractivity contribution in [2.75, 3.05) is 26.1 Å². The minimum atomic E-state index is -3.48. The average molecular weight is 408 g/mol. The van der Waals surface area contributed by atoms with Crippen LogP contribution in [0.5, 0.6) is 5.75 Å². The zero-order valence-electron chi connectivity index (χ0n) is 16.8. The molecule has 0 aliphatic heterocycles. The summed E-state index contributed by atoms with van der Waals surface area (Å²) in [5, 5.41) is 0. The Bertz CT molecular complexity index is 804. The van der Waals surface area contributed by atoms with E-state index < -0.39 is 10.1 Å². The predicted molar refractivity (Wildman–Crippen MR) is 109 cm³/mol. The second-order valence-corrected chi connectivity index (χ2v) is 8.17. The highest BCUT2D eigenvalue weighted by Crippen LogP contribution is 2.15. The Labute approximate surface area is 168 Å². The van der Waals surface area contributed by atoms with Crippen molar-refractivity contribution in [3.8, 4) is 5.75 Å². The molecule has 0 N–H and O–H groups in total. The van der Waals surface area contributed by atoms with E-state index in [2.05, 4.69) is 18.0 Å². The fourth-order valence-electron chi connectivity index (χ4n) is 2.67. The lowest BCUT2D eigenvalue weighted by atomic mass is 10.1. The van der Waals surface area contributed by atoms with Gasteiger partial charge < -0.3 is 9.47 Å². The molecular weight excluding hydrogens is 378 g/mol. The zero-order valence-corrected chi connectivity index (χ0v) is 17.6. The molecule has 28 heavy (non-hydrogen) atoms. The van der Waals surface area contributed by atoms with Gasteiger partial charge in [-0.05, 0) is 42.7 Å². The second-order valence-electron chi connectivity index (χ2n) is 6.52. The molecule has 0 saturated carbocycles. The zero-order chi connectivity index (χ0) is 20.4. The van der Waals surface area contributed by atoms with E-state index >= 15 is 0 Å². The largest absolute Gasteiger partial charge is 0.493 e. The van der Waals surface area contributed by atoms with Gasteiger partial charge in [0.05, 0.1) is 25.6 Å². The van der Waals surface area contributed by atoms with Crippen molar-refractivity contribution >= 4 is 10.1 Å². The summed E-state index contributed by atoms with van der Waals surface area (Å²) >= 11 is 0. The van der Waals surface area contributed by atoms with E-state index in [9.17, 15) is 8.42 Å². The predicted octanol–water partition coefficient (Wildman–Crippen LogP) is 3.19. The number of hydrogen-bond donors (Lipinski definition) is 0. The first-order valence-electron chi connectivity index (χ1n) is 9.51. The molecule has 0 saturated heterocycles. The van der Waals surface area contributed by atoms with Crippen molar-refractivity contribution in [2.45, 2.75) is 39.2 Å². The summed E-state index contributed by atoms with van der Waals surface area (Å²) in [6.07, 6.45) is 4.94. The van der Waals surface area contributed by atoms with Crippen LogP contribution >= 0.6 is 0 Å². The van der Waals surface area contributed by atoms with Crippen LogP contribution in [0.4, 0.5) is 0 Å². The molecule has 1 atom stereocenters. The van der Waals surface area contributed by atoms with Gasteiger partial charge in [0, 0.05) is 31.3 Å². The molecule has 1 aromatic heterocycles. The highest BCUT2D eigenvalue weighted by atomic mass is 32.2. The molecule has 2 rings (SSSR count). The van der Waals surface area contributed by atoms with Crippen LogP contribution in [-0.4, -0.2) is 45.6 Å². The first kappa shape index (κ1) is 22.3. The van der Waals surface area contributed by atoms with Gasteiger partial charge in [0.1, 0.15) is 5.75 Å². The van der Waals surface area contributed by atoms with Crippen LogP contribution in [-0.2, 0) is 38.3 Å². The Morgan fingerprint density at radius 3 is 2.32 bits per heavy atom. The fraction of sp³-hybridized carbons (Fsp3) is 0.476. The van der Waals surface area contributed by atoms with Crippen molar-refractivity contribution < 1.29 is 22.1 Å². The highest BCUT2D eigenvalue weighted by molar-refractivity contribution is 7.85. The van der Waals surface area contributed by atoms with E-state index in [1.54, 1.807) is 0 Å². The normalized spacial score (nSPS) is 12.7. The maximum absolute atomic E-state index is 11.2. The summed E-state index contributed by atoms with van der Waals surface area (Å²) in [6, 6.07) is 11.9. The molecule has 6 nitrogen and oxygen atoms in total. The summed E-state index contributed by atoms with van der Waals surface area (Å²) in [5.74, 6) is 0.786. The smallest absolute Gasteiger partial charge is 0.264 e. The summed E-state index contributed by atoms with van der Waals surface area (Å²) < 4.78 is 38.6. The van der Waals surface area contributed by atoms with Gasteiger partial charge in [-0.25, -0.2) is 0 Å². The summed E-state index contributed by atoms with van der Waals surface area (Å²) in [4.78, 5) is 4.43. The van der Waals surface area contributed by atoms with E-state index in [0.29, 0.717) is 19.6 Å².